The molecule has 1 fully saturated rings. The Balaban J connectivity index is 2.18. The van der Waals surface area contributed by atoms with Crippen molar-refractivity contribution in [1.82, 2.24) is 5.32 Å². The Hall–Kier alpha value is -0.540. The Morgan fingerprint density at radius 1 is 1.32 bits per heavy atom. The summed E-state index contributed by atoms with van der Waals surface area (Å²) in [6.07, 6.45) is 5.46. The van der Waals surface area contributed by atoms with Crippen molar-refractivity contribution >= 4 is 15.9 Å². The molecule has 1 aliphatic rings. The van der Waals surface area contributed by atoms with E-state index in [1.54, 1.807) is 0 Å². The van der Waals surface area contributed by atoms with Gasteiger partial charge < -0.3 is 10.1 Å². The van der Waals surface area contributed by atoms with Crippen molar-refractivity contribution < 1.29 is 4.74 Å². The second-order valence-corrected chi connectivity index (χ2v) is 6.06. The molecule has 19 heavy (non-hydrogen) atoms. The van der Waals surface area contributed by atoms with Gasteiger partial charge in [-0.3, -0.25) is 0 Å². The minimum Gasteiger partial charge on any atom is -0.493 e. The molecule has 1 aromatic rings. The summed E-state index contributed by atoms with van der Waals surface area (Å²) < 4.78 is 6.65. The monoisotopic (exact) mass is 325 g/mol. The molecule has 0 spiro atoms. The van der Waals surface area contributed by atoms with Gasteiger partial charge in [-0.2, -0.15) is 0 Å². The fraction of sp³-hybridized carbons (Fsp3) is 0.625. The molecule has 0 heterocycles. The van der Waals surface area contributed by atoms with Crippen LogP contribution in [0.5, 0.6) is 5.75 Å². The van der Waals surface area contributed by atoms with Gasteiger partial charge in [0.15, 0.2) is 0 Å². The second-order valence-electron chi connectivity index (χ2n) is 5.20. The first-order chi connectivity index (χ1) is 9.26. The third-order valence-corrected chi connectivity index (χ3v) is 4.53. The van der Waals surface area contributed by atoms with Crippen LogP contribution in [0.4, 0.5) is 0 Å². The van der Waals surface area contributed by atoms with Crippen LogP contribution in [0.15, 0.2) is 22.7 Å². The van der Waals surface area contributed by atoms with E-state index in [0.717, 1.165) is 22.7 Å². The summed E-state index contributed by atoms with van der Waals surface area (Å²) in [6, 6.07) is 7.00. The average Bonchev–Trinajstić information content (AvgIpc) is 2.92. The van der Waals surface area contributed by atoms with Crippen LogP contribution in [-0.4, -0.2) is 13.2 Å². The normalized spacial score (nSPS) is 17.6. The van der Waals surface area contributed by atoms with E-state index in [2.05, 4.69) is 46.4 Å². The molecule has 0 amide bonds. The van der Waals surface area contributed by atoms with E-state index in [0.29, 0.717) is 12.6 Å². The Kier molecular flexibility index (Phi) is 5.71. The highest BCUT2D eigenvalue weighted by molar-refractivity contribution is 9.10. The van der Waals surface area contributed by atoms with Crippen LogP contribution in [0.2, 0.25) is 0 Å². The molecule has 0 bridgehead atoms. The number of halogens is 1. The third-order valence-electron chi connectivity index (χ3n) is 3.91. The van der Waals surface area contributed by atoms with Crippen molar-refractivity contribution in [2.75, 3.05) is 13.2 Å². The molecule has 1 unspecified atom stereocenters. The summed E-state index contributed by atoms with van der Waals surface area (Å²) in [5.41, 5.74) is 1.38. The number of rotatable bonds is 6. The smallest absolute Gasteiger partial charge is 0.133 e. The first-order valence-electron chi connectivity index (χ1n) is 7.41. The number of ether oxygens (including phenoxy) is 1. The molecule has 1 aromatic carbocycles. The van der Waals surface area contributed by atoms with Crippen molar-refractivity contribution in [3.63, 3.8) is 0 Å². The SMILES string of the molecule is CCNC(c1ccc(OCC)c(Br)c1)C1CCCC1. The number of benzene rings is 1. The van der Waals surface area contributed by atoms with Crippen LogP contribution in [0.1, 0.15) is 51.1 Å². The molecule has 1 atom stereocenters. The maximum atomic E-state index is 5.59. The van der Waals surface area contributed by atoms with Gasteiger partial charge in [0.1, 0.15) is 5.75 Å². The summed E-state index contributed by atoms with van der Waals surface area (Å²) >= 11 is 3.62. The van der Waals surface area contributed by atoms with Gasteiger partial charge in [-0.25, -0.2) is 0 Å². The van der Waals surface area contributed by atoms with Crippen molar-refractivity contribution in [3.05, 3.63) is 28.2 Å². The Labute approximate surface area is 125 Å². The molecular weight excluding hydrogens is 302 g/mol. The predicted molar refractivity (Wildman–Crippen MR) is 83.7 cm³/mol. The molecule has 2 rings (SSSR count). The molecule has 0 aromatic heterocycles. The zero-order valence-electron chi connectivity index (χ0n) is 11.9. The van der Waals surface area contributed by atoms with Gasteiger partial charge in [0.25, 0.3) is 0 Å². The molecule has 3 heteroatoms. The van der Waals surface area contributed by atoms with Gasteiger partial charge in [0, 0.05) is 6.04 Å². The fourth-order valence-electron chi connectivity index (χ4n) is 3.05. The van der Waals surface area contributed by atoms with E-state index in [-0.39, 0.29) is 0 Å². The van der Waals surface area contributed by atoms with E-state index in [9.17, 15) is 0 Å². The summed E-state index contributed by atoms with van der Waals surface area (Å²) in [7, 11) is 0. The van der Waals surface area contributed by atoms with Crippen LogP contribution in [0.25, 0.3) is 0 Å². The lowest BCUT2D eigenvalue weighted by atomic mass is 9.91. The number of hydrogen-bond donors (Lipinski definition) is 1. The van der Waals surface area contributed by atoms with E-state index >= 15 is 0 Å². The zero-order chi connectivity index (χ0) is 13.7. The molecule has 0 radical (unpaired) electrons. The summed E-state index contributed by atoms with van der Waals surface area (Å²) in [5.74, 6) is 1.72. The highest BCUT2D eigenvalue weighted by atomic mass is 79.9. The minimum atomic E-state index is 0.486. The Morgan fingerprint density at radius 3 is 2.63 bits per heavy atom. The van der Waals surface area contributed by atoms with Gasteiger partial charge in [0.2, 0.25) is 0 Å². The lowest BCUT2D eigenvalue weighted by molar-refractivity contribution is 0.337. The predicted octanol–water partition coefficient (Wildman–Crippen LogP) is 4.69. The molecular formula is C16H24BrNO. The van der Waals surface area contributed by atoms with Crippen LogP contribution in [0, 0.1) is 5.92 Å². The molecule has 0 saturated heterocycles. The Morgan fingerprint density at radius 2 is 2.05 bits per heavy atom. The van der Waals surface area contributed by atoms with Crippen molar-refractivity contribution in [3.8, 4) is 5.75 Å². The second kappa shape index (κ2) is 7.30. The van der Waals surface area contributed by atoms with E-state index in [4.69, 9.17) is 4.74 Å². The molecule has 106 valence electrons. The van der Waals surface area contributed by atoms with Crippen LogP contribution < -0.4 is 10.1 Å². The minimum absolute atomic E-state index is 0.486. The van der Waals surface area contributed by atoms with E-state index in [1.165, 1.54) is 31.2 Å². The van der Waals surface area contributed by atoms with Crippen molar-refractivity contribution in [1.29, 1.82) is 0 Å². The summed E-state index contributed by atoms with van der Waals surface area (Å²) in [6.45, 7) is 5.93. The van der Waals surface area contributed by atoms with Crippen LogP contribution >= 0.6 is 15.9 Å². The highest BCUT2D eigenvalue weighted by Gasteiger charge is 2.26. The lowest BCUT2D eigenvalue weighted by Gasteiger charge is -2.25. The molecule has 1 aliphatic carbocycles. The summed E-state index contributed by atoms with van der Waals surface area (Å²) in [5, 5.41) is 3.66. The number of hydrogen-bond acceptors (Lipinski definition) is 2. The van der Waals surface area contributed by atoms with Crippen LogP contribution in [0.3, 0.4) is 0 Å². The fourth-order valence-corrected chi connectivity index (χ4v) is 3.56. The average molecular weight is 326 g/mol. The first kappa shape index (κ1) is 14.9. The van der Waals surface area contributed by atoms with Gasteiger partial charge in [-0.15, -0.1) is 0 Å². The largest absolute Gasteiger partial charge is 0.493 e. The molecule has 0 aliphatic heterocycles. The molecule has 1 saturated carbocycles. The quantitative estimate of drug-likeness (QED) is 0.819. The van der Waals surface area contributed by atoms with Crippen molar-refractivity contribution in [2.24, 2.45) is 5.92 Å². The maximum absolute atomic E-state index is 5.59. The summed E-state index contributed by atoms with van der Waals surface area (Å²) in [4.78, 5) is 0. The van der Waals surface area contributed by atoms with E-state index < -0.39 is 0 Å². The van der Waals surface area contributed by atoms with Gasteiger partial charge >= 0.3 is 0 Å². The maximum Gasteiger partial charge on any atom is 0.133 e. The topological polar surface area (TPSA) is 21.3 Å². The Bertz CT molecular complexity index is 402. The van der Waals surface area contributed by atoms with Gasteiger partial charge in [-0.1, -0.05) is 25.8 Å². The van der Waals surface area contributed by atoms with Gasteiger partial charge in [-0.05, 0) is 65.9 Å². The zero-order valence-corrected chi connectivity index (χ0v) is 13.5. The highest BCUT2D eigenvalue weighted by Crippen LogP contribution is 2.37. The molecule has 2 nitrogen and oxygen atoms in total. The number of nitrogens with one attached hydrogen (secondary N) is 1. The van der Waals surface area contributed by atoms with Crippen LogP contribution in [-0.2, 0) is 0 Å². The standard InChI is InChI=1S/C16H24BrNO/c1-3-18-16(12-7-5-6-8-12)13-9-10-15(19-4-2)14(17)11-13/h9-12,16,18H,3-8H2,1-2H3. The lowest BCUT2D eigenvalue weighted by Crippen LogP contribution is -2.26. The van der Waals surface area contributed by atoms with Crippen molar-refractivity contribution in [2.45, 2.75) is 45.6 Å². The molecule has 1 N–H and O–H groups in total. The first-order valence-corrected chi connectivity index (χ1v) is 8.21. The van der Waals surface area contributed by atoms with Gasteiger partial charge in [0.05, 0.1) is 11.1 Å². The third kappa shape index (κ3) is 3.73. The van der Waals surface area contributed by atoms with E-state index in [1.807, 2.05) is 6.92 Å².